The largest absolute Gasteiger partial charge is 0.507 e. The van der Waals surface area contributed by atoms with Gasteiger partial charge in [0.1, 0.15) is 18.1 Å². The number of Topliss-reactive ketones (excluding diaryl/α,β-unsaturated/α-hetero) is 1. The molecule has 1 amide bonds. The number of anilines is 1. The zero-order valence-electron chi connectivity index (χ0n) is 20.5. The number of aliphatic hydroxyl groups is 1. The number of likely N-dealkylation sites (N-methyl/N-ethyl adjacent to an activating group) is 2. The summed E-state index contributed by atoms with van der Waals surface area (Å²) in [7, 11) is 7.75. The number of carbonyl (C=O) groups excluding carboxylic acids is 2. The van der Waals surface area contributed by atoms with Crippen molar-refractivity contribution >= 4 is 34.0 Å². The third-order valence-corrected chi connectivity index (χ3v) is 6.88. The highest BCUT2D eigenvalue weighted by Gasteiger charge is 2.47. The third kappa shape index (κ3) is 3.83. The van der Waals surface area contributed by atoms with Gasteiger partial charge in [0.15, 0.2) is 0 Å². The number of hydrogen-bond donors (Lipinski definition) is 1. The normalized spacial score (nSPS) is 19.5. The minimum absolute atomic E-state index is 0.115. The number of ketones is 1. The lowest BCUT2D eigenvalue weighted by Crippen LogP contribution is -2.35. The Labute approximate surface area is 204 Å². The van der Waals surface area contributed by atoms with E-state index in [1.165, 1.54) is 0 Å². The molecule has 1 saturated heterocycles. The summed E-state index contributed by atoms with van der Waals surface area (Å²) < 4.78 is 7.72. The molecule has 1 atom stereocenters. The van der Waals surface area contributed by atoms with E-state index in [1.54, 1.807) is 17.0 Å². The first-order valence-electron chi connectivity index (χ1n) is 11.7. The number of rotatable bonds is 5. The van der Waals surface area contributed by atoms with E-state index in [0.29, 0.717) is 25.3 Å². The first-order chi connectivity index (χ1) is 16.8. The monoisotopic (exact) mass is 474 g/mol. The molecule has 8 heteroatoms. The Morgan fingerprint density at radius 1 is 1.14 bits per heavy atom. The van der Waals surface area contributed by atoms with Gasteiger partial charge in [0.2, 0.25) is 0 Å². The number of carbonyl (C=O) groups is 2. The van der Waals surface area contributed by atoms with E-state index in [2.05, 4.69) is 0 Å². The average molecular weight is 475 g/mol. The summed E-state index contributed by atoms with van der Waals surface area (Å²) >= 11 is 0. The highest BCUT2D eigenvalue weighted by molar-refractivity contribution is 6.46. The van der Waals surface area contributed by atoms with Crippen LogP contribution in [0.4, 0.5) is 5.69 Å². The number of para-hydroxylation sites is 1. The number of aromatic nitrogens is 1. The van der Waals surface area contributed by atoms with Crippen molar-refractivity contribution in [2.24, 2.45) is 7.05 Å². The molecule has 2 aliphatic rings. The molecule has 1 N–H and O–H groups in total. The average Bonchev–Trinajstić information content (AvgIpc) is 3.31. The van der Waals surface area contributed by atoms with E-state index in [9.17, 15) is 14.7 Å². The standard InChI is InChI=1S/C27H30N4O4/c1-28(2)11-12-31-24(19-16-30(4)20-8-6-5-7-18(19)20)23(26(33)27(31)34)25(32)17-9-10-22-21(15-17)29(3)13-14-35-22/h5-10,15-16,24,32H,11-14H2,1-4H3/b25-23+. The molecule has 3 heterocycles. The molecule has 1 aromatic heterocycles. The van der Waals surface area contributed by atoms with Crippen molar-refractivity contribution in [3.63, 3.8) is 0 Å². The van der Waals surface area contributed by atoms with Gasteiger partial charge in [0.25, 0.3) is 11.7 Å². The zero-order chi connectivity index (χ0) is 24.9. The van der Waals surface area contributed by atoms with Gasteiger partial charge in [-0.15, -0.1) is 0 Å². The van der Waals surface area contributed by atoms with E-state index in [4.69, 9.17) is 4.74 Å². The highest BCUT2D eigenvalue weighted by Crippen LogP contribution is 2.43. The van der Waals surface area contributed by atoms with Crippen molar-refractivity contribution in [2.75, 3.05) is 52.3 Å². The number of nitrogens with zero attached hydrogens (tertiary/aromatic N) is 4. The van der Waals surface area contributed by atoms with Crippen molar-refractivity contribution in [1.82, 2.24) is 14.4 Å². The van der Waals surface area contributed by atoms with Gasteiger partial charge in [-0.1, -0.05) is 18.2 Å². The Hall–Kier alpha value is -3.78. The maximum atomic E-state index is 13.4. The molecule has 0 saturated carbocycles. The van der Waals surface area contributed by atoms with E-state index >= 15 is 0 Å². The Balaban J connectivity index is 1.69. The molecule has 0 spiro atoms. The lowest BCUT2D eigenvalue weighted by atomic mass is 9.94. The zero-order valence-corrected chi connectivity index (χ0v) is 20.5. The second-order valence-electron chi connectivity index (χ2n) is 9.46. The predicted molar refractivity (Wildman–Crippen MR) is 136 cm³/mol. The SMILES string of the molecule is CN(C)CCN1C(=O)C(=O)/C(=C(/O)c2ccc3c(c2)N(C)CCO3)C1c1cn(C)c2ccccc12. The van der Waals surface area contributed by atoms with Crippen LogP contribution in [0.1, 0.15) is 17.2 Å². The maximum Gasteiger partial charge on any atom is 0.295 e. The summed E-state index contributed by atoms with van der Waals surface area (Å²) in [4.78, 5) is 32.2. The first kappa shape index (κ1) is 23.0. The lowest BCUT2D eigenvalue weighted by molar-refractivity contribution is -0.140. The molecule has 0 bridgehead atoms. The van der Waals surface area contributed by atoms with Crippen LogP contribution in [0.2, 0.25) is 0 Å². The third-order valence-electron chi connectivity index (χ3n) is 6.88. The van der Waals surface area contributed by atoms with Crippen LogP contribution in [0.5, 0.6) is 5.75 Å². The van der Waals surface area contributed by atoms with E-state index < -0.39 is 17.7 Å². The molecule has 2 aromatic carbocycles. The molecular formula is C27H30N4O4. The summed E-state index contributed by atoms with van der Waals surface area (Å²) in [6.45, 7) is 2.27. The second kappa shape index (κ2) is 8.78. The lowest BCUT2D eigenvalue weighted by Gasteiger charge is -2.28. The summed E-state index contributed by atoms with van der Waals surface area (Å²) in [6.07, 6.45) is 1.95. The van der Waals surface area contributed by atoms with Gasteiger partial charge >= 0.3 is 0 Å². The van der Waals surface area contributed by atoms with Crippen LogP contribution in [0.3, 0.4) is 0 Å². The molecule has 35 heavy (non-hydrogen) atoms. The van der Waals surface area contributed by atoms with E-state index in [0.717, 1.165) is 34.4 Å². The molecular weight excluding hydrogens is 444 g/mol. The van der Waals surface area contributed by atoms with Gasteiger partial charge < -0.3 is 29.1 Å². The number of fused-ring (bicyclic) bond motifs is 2. The Kier molecular flexibility index (Phi) is 5.76. The molecule has 0 radical (unpaired) electrons. The Morgan fingerprint density at radius 3 is 2.69 bits per heavy atom. The molecule has 1 fully saturated rings. The van der Waals surface area contributed by atoms with Gasteiger partial charge in [-0.2, -0.15) is 0 Å². The number of aryl methyl sites for hydroxylation is 1. The topological polar surface area (TPSA) is 78.2 Å². The summed E-state index contributed by atoms with van der Waals surface area (Å²) in [6, 6.07) is 12.6. The van der Waals surface area contributed by atoms with Crippen molar-refractivity contribution < 1.29 is 19.4 Å². The first-order valence-corrected chi connectivity index (χ1v) is 11.7. The Morgan fingerprint density at radius 2 is 1.91 bits per heavy atom. The highest BCUT2D eigenvalue weighted by atomic mass is 16.5. The molecule has 8 nitrogen and oxygen atoms in total. The van der Waals surface area contributed by atoms with Crippen molar-refractivity contribution in [2.45, 2.75) is 6.04 Å². The fourth-order valence-corrected chi connectivity index (χ4v) is 4.99. The quantitative estimate of drug-likeness (QED) is 0.348. The smallest absolute Gasteiger partial charge is 0.295 e. The minimum atomic E-state index is -0.689. The number of amides is 1. The van der Waals surface area contributed by atoms with Crippen LogP contribution in [-0.2, 0) is 16.6 Å². The van der Waals surface area contributed by atoms with Crippen LogP contribution >= 0.6 is 0 Å². The Bertz CT molecular complexity index is 1360. The summed E-state index contributed by atoms with van der Waals surface area (Å²) in [5.41, 5.74) is 3.25. The van der Waals surface area contributed by atoms with Gasteiger partial charge in [-0.05, 0) is 38.4 Å². The second-order valence-corrected chi connectivity index (χ2v) is 9.46. The van der Waals surface area contributed by atoms with Gasteiger partial charge in [-0.3, -0.25) is 9.59 Å². The van der Waals surface area contributed by atoms with Crippen molar-refractivity contribution in [3.05, 3.63) is 65.4 Å². The van der Waals surface area contributed by atoms with Crippen LogP contribution in [0.25, 0.3) is 16.7 Å². The van der Waals surface area contributed by atoms with Crippen LogP contribution in [0.15, 0.2) is 54.2 Å². The van der Waals surface area contributed by atoms with Crippen molar-refractivity contribution in [1.29, 1.82) is 0 Å². The predicted octanol–water partition coefficient (Wildman–Crippen LogP) is 2.99. The maximum absolute atomic E-state index is 13.4. The molecule has 3 aromatic rings. The van der Waals surface area contributed by atoms with E-state index in [1.807, 2.05) is 79.1 Å². The number of ether oxygens (including phenoxy) is 1. The van der Waals surface area contributed by atoms with Crippen LogP contribution in [0, 0.1) is 0 Å². The van der Waals surface area contributed by atoms with Crippen molar-refractivity contribution in [3.8, 4) is 5.75 Å². The summed E-state index contributed by atoms with van der Waals surface area (Å²) in [5.74, 6) is -0.700. The minimum Gasteiger partial charge on any atom is -0.507 e. The molecule has 182 valence electrons. The van der Waals surface area contributed by atoms with E-state index in [-0.39, 0.29) is 11.3 Å². The molecule has 0 aliphatic carbocycles. The summed E-state index contributed by atoms with van der Waals surface area (Å²) in [5, 5.41) is 12.5. The van der Waals surface area contributed by atoms with Crippen LogP contribution < -0.4 is 9.64 Å². The molecule has 2 aliphatic heterocycles. The van der Waals surface area contributed by atoms with Gasteiger partial charge in [0.05, 0.1) is 23.8 Å². The van der Waals surface area contributed by atoms with Gasteiger partial charge in [-0.25, -0.2) is 0 Å². The van der Waals surface area contributed by atoms with Crippen LogP contribution in [-0.4, -0.2) is 78.5 Å². The number of likely N-dealkylation sites (tertiary alicyclic amines) is 1. The number of aliphatic hydroxyl groups excluding tert-OH is 1. The van der Waals surface area contributed by atoms with Gasteiger partial charge in [0, 0.05) is 55.4 Å². The fourth-order valence-electron chi connectivity index (χ4n) is 4.99. The number of benzene rings is 2. The molecule has 5 rings (SSSR count). The fraction of sp³-hybridized carbons (Fsp3) is 0.333. The number of hydrogen-bond acceptors (Lipinski definition) is 6. The molecule has 1 unspecified atom stereocenters.